The third-order valence-electron chi connectivity index (χ3n) is 3.67. The first-order chi connectivity index (χ1) is 10.1. The van der Waals surface area contributed by atoms with Crippen molar-refractivity contribution in [1.82, 2.24) is 5.32 Å². The molecule has 0 saturated heterocycles. The Hall–Kier alpha value is -1.80. The number of likely N-dealkylation sites (N-methyl/N-ethyl adjacent to an activating group) is 1. The summed E-state index contributed by atoms with van der Waals surface area (Å²) in [6.07, 6.45) is 1.08. The lowest BCUT2D eigenvalue weighted by Gasteiger charge is -2.20. The molecule has 0 aliphatic heterocycles. The highest BCUT2D eigenvalue weighted by atomic mass is 15.1. The van der Waals surface area contributed by atoms with Crippen LogP contribution in [0.2, 0.25) is 0 Å². The van der Waals surface area contributed by atoms with Crippen LogP contribution in [0.3, 0.4) is 0 Å². The van der Waals surface area contributed by atoms with Crippen molar-refractivity contribution in [3.8, 4) is 0 Å². The zero-order valence-corrected chi connectivity index (χ0v) is 13.3. The Morgan fingerprint density at radius 3 is 2.19 bits per heavy atom. The minimum atomic E-state index is 0.526. The average Bonchev–Trinajstić information content (AvgIpc) is 2.52. The van der Waals surface area contributed by atoms with Crippen molar-refractivity contribution in [3.05, 3.63) is 65.7 Å². The molecule has 112 valence electrons. The maximum atomic E-state index is 3.44. The van der Waals surface area contributed by atoms with Crippen LogP contribution in [-0.4, -0.2) is 19.6 Å². The van der Waals surface area contributed by atoms with Crippen molar-refractivity contribution in [1.29, 1.82) is 0 Å². The monoisotopic (exact) mass is 282 g/mol. The quantitative estimate of drug-likeness (QED) is 0.829. The Labute approximate surface area is 128 Å². The average molecular weight is 282 g/mol. The molecule has 0 unspecified atom stereocenters. The molecule has 0 bridgehead atoms. The minimum absolute atomic E-state index is 0.526. The van der Waals surface area contributed by atoms with Crippen molar-refractivity contribution < 1.29 is 0 Å². The Bertz CT molecular complexity index is 517. The fourth-order valence-electron chi connectivity index (χ4n) is 2.26. The van der Waals surface area contributed by atoms with Gasteiger partial charge in [0.25, 0.3) is 0 Å². The number of benzene rings is 2. The van der Waals surface area contributed by atoms with Gasteiger partial charge in [-0.3, -0.25) is 0 Å². The highest BCUT2D eigenvalue weighted by Crippen LogP contribution is 2.14. The largest absolute Gasteiger partial charge is 0.374 e. The van der Waals surface area contributed by atoms with Crippen LogP contribution in [0.15, 0.2) is 54.6 Å². The lowest BCUT2D eigenvalue weighted by molar-refractivity contribution is 0.589. The van der Waals surface area contributed by atoms with Crippen LogP contribution in [0.1, 0.15) is 25.0 Å². The second-order valence-electron chi connectivity index (χ2n) is 5.86. The Morgan fingerprint density at radius 2 is 1.57 bits per heavy atom. The van der Waals surface area contributed by atoms with Gasteiger partial charge in [-0.2, -0.15) is 0 Å². The first-order valence-electron chi connectivity index (χ1n) is 7.72. The second-order valence-corrected chi connectivity index (χ2v) is 5.86. The molecule has 0 heterocycles. The lowest BCUT2D eigenvalue weighted by atomic mass is 10.1. The van der Waals surface area contributed by atoms with Crippen LogP contribution in [0.25, 0.3) is 0 Å². The summed E-state index contributed by atoms with van der Waals surface area (Å²) in [7, 11) is 2.16. The normalized spacial score (nSPS) is 10.9. The summed E-state index contributed by atoms with van der Waals surface area (Å²) < 4.78 is 0. The molecule has 0 radical (unpaired) electrons. The zero-order valence-electron chi connectivity index (χ0n) is 13.3. The summed E-state index contributed by atoms with van der Waals surface area (Å²) in [6, 6.07) is 20.0. The second kappa shape index (κ2) is 7.84. The van der Waals surface area contributed by atoms with Crippen molar-refractivity contribution in [2.45, 2.75) is 32.9 Å². The van der Waals surface area contributed by atoms with E-state index in [4.69, 9.17) is 0 Å². The molecule has 0 atom stereocenters. The summed E-state index contributed by atoms with van der Waals surface area (Å²) in [5, 5.41) is 3.44. The van der Waals surface area contributed by atoms with Gasteiger partial charge in [0, 0.05) is 31.9 Å². The Kier molecular flexibility index (Phi) is 5.82. The van der Waals surface area contributed by atoms with Crippen LogP contribution in [0.5, 0.6) is 0 Å². The molecule has 0 aliphatic carbocycles. The van der Waals surface area contributed by atoms with E-state index in [0.717, 1.165) is 19.5 Å². The van der Waals surface area contributed by atoms with Gasteiger partial charge >= 0.3 is 0 Å². The van der Waals surface area contributed by atoms with E-state index in [1.165, 1.54) is 16.8 Å². The molecule has 0 fully saturated rings. The molecule has 2 nitrogen and oxygen atoms in total. The van der Waals surface area contributed by atoms with Gasteiger partial charge in [0.15, 0.2) is 0 Å². The molecular formula is C19H26N2. The number of nitrogens with zero attached hydrogens (tertiary/aromatic N) is 1. The van der Waals surface area contributed by atoms with Crippen molar-refractivity contribution in [2.75, 3.05) is 18.5 Å². The topological polar surface area (TPSA) is 15.3 Å². The lowest BCUT2D eigenvalue weighted by Crippen LogP contribution is -2.22. The highest BCUT2D eigenvalue weighted by molar-refractivity contribution is 5.47. The van der Waals surface area contributed by atoms with Gasteiger partial charge in [-0.25, -0.2) is 0 Å². The molecule has 21 heavy (non-hydrogen) atoms. The predicted molar refractivity (Wildman–Crippen MR) is 91.8 cm³/mol. The van der Waals surface area contributed by atoms with Crippen LogP contribution in [-0.2, 0) is 13.0 Å². The Morgan fingerprint density at radius 1 is 0.905 bits per heavy atom. The fraction of sp³-hybridized carbons (Fsp3) is 0.368. The summed E-state index contributed by atoms with van der Waals surface area (Å²) in [6.45, 7) is 6.32. The SMILES string of the molecule is CC(C)NCc1ccc(N(C)CCc2ccccc2)cc1. The van der Waals surface area contributed by atoms with E-state index >= 15 is 0 Å². The van der Waals surface area contributed by atoms with Gasteiger partial charge in [-0.15, -0.1) is 0 Å². The van der Waals surface area contributed by atoms with Gasteiger partial charge < -0.3 is 10.2 Å². The van der Waals surface area contributed by atoms with Gasteiger partial charge in [-0.05, 0) is 29.7 Å². The van der Waals surface area contributed by atoms with E-state index in [-0.39, 0.29) is 0 Å². The first-order valence-corrected chi connectivity index (χ1v) is 7.72. The maximum absolute atomic E-state index is 3.44. The molecule has 2 aromatic carbocycles. The molecule has 2 heteroatoms. The fourth-order valence-corrected chi connectivity index (χ4v) is 2.26. The minimum Gasteiger partial charge on any atom is -0.374 e. The third kappa shape index (κ3) is 5.24. The van der Waals surface area contributed by atoms with E-state index in [0.29, 0.717) is 6.04 Å². The maximum Gasteiger partial charge on any atom is 0.0363 e. The van der Waals surface area contributed by atoms with Crippen LogP contribution in [0, 0.1) is 0 Å². The van der Waals surface area contributed by atoms with Gasteiger partial charge in [0.1, 0.15) is 0 Å². The molecule has 1 N–H and O–H groups in total. The molecule has 2 aromatic rings. The van der Waals surface area contributed by atoms with Crippen LogP contribution in [0.4, 0.5) is 5.69 Å². The van der Waals surface area contributed by atoms with Crippen LogP contribution < -0.4 is 10.2 Å². The summed E-state index contributed by atoms with van der Waals surface area (Å²) >= 11 is 0. The first kappa shape index (κ1) is 15.6. The van der Waals surface area contributed by atoms with E-state index in [1.807, 2.05) is 0 Å². The Balaban J connectivity index is 1.86. The number of hydrogen-bond donors (Lipinski definition) is 1. The van der Waals surface area contributed by atoms with Gasteiger partial charge in [0.2, 0.25) is 0 Å². The molecular weight excluding hydrogens is 256 g/mol. The summed E-state index contributed by atoms with van der Waals surface area (Å²) in [4.78, 5) is 2.31. The molecule has 0 spiro atoms. The standard InChI is InChI=1S/C19H26N2/c1-16(2)20-15-18-9-11-19(12-10-18)21(3)14-13-17-7-5-4-6-8-17/h4-12,16,20H,13-15H2,1-3H3. The van der Waals surface area contributed by atoms with Gasteiger partial charge in [0.05, 0.1) is 0 Å². The van der Waals surface area contributed by atoms with E-state index in [9.17, 15) is 0 Å². The number of nitrogens with one attached hydrogen (secondary N) is 1. The van der Waals surface area contributed by atoms with E-state index in [2.05, 4.69) is 85.7 Å². The van der Waals surface area contributed by atoms with Crippen LogP contribution >= 0.6 is 0 Å². The predicted octanol–water partition coefficient (Wildman–Crippen LogP) is 3.86. The summed E-state index contributed by atoms with van der Waals surface area (Å²) in [5.74, 6) is 0. The smallest absolute Gasteiger partial charge is 0.0363 e. The van der Waals surface area contributed by atoms with E-state index in [1.54, 1.807) is 0 Å². The number of anilines is 1. The molecule has 2 rings (SSSR count). The van der Waals surface area contributed by atoms with Crippen molar-refractivity contribution >= 4 is 5.69 Å². The highest BCUT2D eigenvalue weighted by Gasteiger charge is 2.02. The van der Waals surface area contributed by atoms with E-state index < -0.39 is 0 Å². The summed E-state index contributed by atoms with van der Waals surface area (Å²) in [5.41, 5.74) is 4.00. The van der Waals surface area contributed by atoms with Crippen molar-refractivity contribution in [3.63, 3.8) is 0 Å². The molecule has 0 aliphatic rings. The molecule has 0 saturated carbocycles. The van der Waals surface area contributed by atoms with Crippen molar-refractivity contribution in [2.24, 2.45) is 0 Å². The number of rotatable bonds is 7. The number of hydrogen-bond acceptors (Lipinski definition) is 2. The molecule has 0 aromatic heterocycles. The third-order valence-corrected chi connectivity index (χ3v) is 3.67. The van der Waals surface area contributed by atoms with Gasteiger partial charge in [-0.1, -0.05) is 56.3 Å². The molecule has 0 amide bonds. The zero-order chi connectivity index (χ0) is 15.1.